The van der Waals surface area contributed by atoms with Crippen LogP contribution in [0.3, 0.4) is 0 Å². The van der Waals surface area contributed by atoms with E-state index in [9.17, 15) is 10.1 Å². The van der Waals surface area contributed by atoms with Crippen LogP contribution in [0.15, 0.2) is 18.2 Å². The maximum atomic E-state index is 10.9. The summed E-state index contributed by atoms with van der Waals surface area (Å²) in [7, 11) is 0. The van der Waals surface area contributed by atoms with Crippen LogP contribution >= 0.6 is 12.6 Å². The molecule has 0 atom stereocenters. The normalized spacial score (nSPS) is 17.7. The minimum atomic E-state index is -0.384. The Morgan fingerprint density at radius 1 is 1.45 bits per heavy atom. The topological polar surface area (TPSA) is 61.6 Å². The van der Waals surface area contributed by atoms with E-state index in [-0.39, 0.29) is 16.0 Å². The van der Waals surface area contributed by atoms with Gasteiger partial charge in [0.15, 0.2) is 0 Å². The molecule has 0 spiro atoms. The fraction of sp³-hybridized carbons (Fsp3) is 0.571. The molecule has 1 fully saturated rings. The highest BCUT2D eigenvalue weighted by Crippen LogP contribution is 2.34. The molecule has 6 heteroatoms. The van der Waals surface area contributed by atoms with Gasteiger partial charge < -0.3 is 9.47 Å². The highest BCUT2D eigenvalue weighted by atomic mass is 32.1. The van der Waals surface area contributed by atoms with Crippen LogP contribution in [0.2, 0.25) is 0 Å². The Balaban J connectivity index is 2.10. The quantitative estimate of drug-likeness (QED) is 0.515. The van der Waals surface area contributed by atoms with Gasteiger partial charge in [0, 0.05) is 24.7 Å². The van der Waals surface area contributed by atoms with Gasteiger partial charge in [-0.15, -0.1) is 0 Å². The van der Waals surface area contributed by atoms with E-state index in [1.807, 2.05) is 0 Å². The van der Waals surface area contributed by atoms with E-state index in [2.05, 4.69) is 12.6 Å². The van der Waals surface area contributed by atoms with Gasteiger partial charge >= 0.3 is 0 Å². The Morgan fingerprint density at radius 3 is 2.75 bits per heavy atom. The van der Waals surface area contributed by atoms with Crippen molar-refractivity contribution >= 4 is 18.3 Å². The van der Waals surface area contributed by atoms with E-state index in [0.29, 0.717) is 17.9 Å². The van der Waals surface area contributed by atoms with E-state index in [4.69, 9.17) is 9.47 Å². The van der Waals surface area contributed by atoms with Gasteiger partial charge in [-0.3, -0.25) is 10.1 Å². The molecule has 1 aromatic rings. The molecule has 5 nitrogen and oxygen atoms in total. The first kappa shape index (κ1) is 15.1. The standard InChI is InChI=1S/C14H19NO4S/c1-11-12(15(16)17)3-2-4-13(11)19-9-14(10-20)5-7-18-8-6-14/h2-4,20H,5-10H2,1H3. The van der Waals surface area contributed by atoms with E-state index in [1.165, 1.54) is 6.07 Å². The molecule has 1 saturated heterocycles. The van der Waals surface area contributed by atoms with Gasteiger partial charge in [-0.1, -0.05) is 6.07 Å². The molecular weight excluding hydrogens is 278 g/mol. The number of hydrogen-bond acceptors (Lipinski definition) is 5. The summed E-state index contributed by atoms with van der Waals surface area (Å²) in [5.41, 5.74) is 0.659. The Morgan fingerprint density at radius 2 is 2.15 bits per heavy atom. The van der Waals surface area contributed by atoms with Crippen molar-refractivity contribution in [3.05, 3.63) is 33.9 Å². The number of nitro benzene ring substituents is 1. The fourth-order valence-corrected chi connectivity index (χ4v) is 2.75. The predicted octanol–water partition coefficient (Wildman–Crippen LogP) is 3.01. The Labute approximate surface area is 123 Å². The first-order valence-electron chi connectivity index (χ1n) is 6.63. The summed E-state index contributed by atoms with van der Waals surface area (Å²) < 4.78 is 11.2. The summed E-state index contributed by atoms with van der Waals surface area (Å²) in [5.74, 6) is 1.30. The largest absolute Gasteiger partial charge is 0.492 e. The Hall–Kier alpha value is -1.27. The molecule has 1 aromatic carbocycles. The van der Waals surface area contributed by atoms with Crippen LogP contribution in [-0.4, -0.2) is 30.5 Å². The molecule has 1 aliphatic rings. The van der Waals surface area contributed by atoms with Crippen LogP contribution in [0.5, 0.6) is 5.75 Å². The van der Waals surface area contributed by atoms with Crippen molar-refractivity contribution < 1.29 is 14.4 Å². The fourth-order valence-electron chi connectivity index (χ4n) is 2.34. The number of benzene rings is 1. The van der Waals surface area contributed by atoms with E-state index in [1.54, 1.807) is 19.1 Å². The maximum absolute atomic E-state index is 10.9. The molecule has 0 aromatic heterocycles. The highest BCUT2D eigenvalue weighted by Gasteiger charge is 2.32. The molecule has 1 aliphatic heterocycles. The summed E-state index contributed by atoms with van der Waals surface area (Å²) in [6.07, 6.45) is 1.81. The number of ether oxygens (including phenoxy) is 2. The summed E-state index contributed by atoms with van der Waals surface area (Å²) in [6, 6.07) is 4.91. The van der Waals surface area contributed by atoms with Crippen LogP contribution in [0.1, 0.15) is 18.4 Å². The van der Waals surface area contributed by atoms with E-state index >= 15 is 0 Å². The highest BCUT2D eigenvalue weighted by molar-refractivity contribution is 7.80. The lowest BCUT2D eigenvalue weighted by molar-refractivity contribution is -0.385. The number of nitro groups is 1. The first-order chi connectivity index (χ1) is 9.58. The molecule has 0 aliphatic carbocycles. The minimum absolute atomic E-state index is 0.00157. The molecule has 20 heavy (non-hydrogen) atoms. The van der Waals surface area contributed by atoms with Crippen molar-refractivity contribution in [3.8, 4) is 5.75 Å². The lowest BCUT2D eigenvalue weighted by Crippen LogP contribution is -2.37. The van der Waals surface area contributed by atoms with Crippen molar-refractivity contribution in [1.82, 2.24) is 0 Å². The average molecular weight is 297 g/mol. The number of nitrogens with zero attached hydrogens (tertiary/aromatic N) is 1. The molecule has 2 rings (SSSR count). The summed E-state index contributed by atoms with van der Waals surface area (Å²) in [5, 5.41) is 10.9. The van der Waals surface area contributed by atoms with Crippen LogP contribution in [-0.2, 0) is 4.74 Å². The van der Waals surface area contributed by atoms with Crippen LogP contribution in [0.25, 0.3) is 0 Å². The molecule has 0 unspecified atom stereocenters. The zero-order chi connectivity index (χ0) is 14.6. The number of hydrogen-bond donors (Lipinski definition) is 1. The van der Waals surface area contributed by atoms with Gasteiger partial charge in [0.1, 0.15) is 5.75 Å². The molecule has 1 heterocycles. The van der Waals surface area contributed by atoms with Gasteiger partial charge in [0.05, 0.1) is 17.1 Å². The second-order valence-corrected chi connectivity index (χ2v) is 5.53. The summed E-state index contributed by atoms with van der Waals surface area (Å²) in [6.45, 7) is 3.67. The van der Waals surface area contributed by atoms with Crippen molar-refractivity contribution in [2.24, 2.45) is 5.41 Å². The first-order valence-corrected chi connectivity index (χ1v) is 7.27. The third-order valence-corrected chi connectivity index (χ3v) is 4.55. The molecule has 0 amide bonds. The van der Waals surface area contributed by atoms with Crippen molar-refractivity contribution in [2.45, 2.75) is 19.8 Å². The molecule has 0 radical (unpaired) electrons. The monoisotopic (exact) mass is 297 g/mol. The Bertz CT molecular complexity index is 486. The summed E-state index contributed by atoms with van der Waals surface area (Å²) in [4.78, 5) is 10.5. The smallest absolute Gasteiger partial charge is 0.276 e. The van der Waals surface area contributed by atoms with Crippen LogP contribution in [0, 0.1) is 22.5 Å². The van der Waals surface area contributed by atoms with Crippen LogP contribution in [0.4, 0.5) is 5.69 Å². The molecular formula is C14H19NO4S. The summed E-state index contributed by atoms with van der Waals surface area (Å²) >= 11 is 4.43. The lowest BCUT2D eigenvalue weighted by Gasteiger charge is -2.35. The average Bonchev–Trinajstić information content (AvgIpc) is 2.47. The Kier molecular flexibility index (Phi) is 4.88. The van der Waals surface area contributed by atoms with E-state index in [0.717, 1.165) is 31.8 Å². The predicted molar refractivity (Wildman–Crippen MR) is 79.7 cm³/mol. The van der Waals surface area contributed by atoms with Crippen LogP contribution < -0.4 is 4.74 Å². The van der Waals surface area contributed by atoms with E-state index < -0.39 is 0 Å². The third kappa shape index (κ3) is 3.24. The third-order valence-electron chi connectivity index (χ3n) is 3.87. The van der Waals surface area contributed by atoms with Gasteiger partial charge in [0.2, 0.25) is 0 Å². The second kappa shape index (κ2) is 6.45. The van der Waals surface area contributed by atoms with Gasteiger partial charge in [0.25, 0.3) is 5.69 Å². The van der Waals surface area contributed by atoms with Crippen molar-refractivity contribution in [3.63, 3.8) is 0 Å². The van der Waals surface area contributed by atoms with Gasteiger partial charge in [-0.25, -0.2) is 0 Å². The number of thiol groups is 1. The zero-order valence-corrected chi connectivity index (χ0v) is 12.4. The second-order valence-electron chi connectivity index (χ2n) is 5.22. The number of rotatable bonds is 5. The SMILES string of the molecule is Cc1c(OCC2(CS)CCOCC2)cccc1[N+](=O)[O-]. The van der Waals surface area contributed by atoms with Crippen molar-refractivity contribution in [1.29, 1.82) is 0 Å². The lowest BCUT2D eigenvalue weighted by atomic mass is 9.83. The molecule has 0 bridgehead atoms. The molecule has 0 N–H and O–H groups in total. The zero-order valence-electron chi connectivity index (χ0n) is 11.5. The molecule has 110 valence electrons. The minimum Gasteiger partial charge on any atom is -0.492 e. The van der Waals surface area contributed by atoms with Crippen molar-refractivity contribution in [2.75, 3.05) is 25.6 Å². The van der Waals surface area contributed by atoms with Gasteiger partial charge in [-0.05, 0) is 31.6 Å². The molecule has 0 saturated carbocycles. The maximum Gasteiger partial charge on any atom is 0.276 e. The van der Waals surface area contributed by atoms with Gasteiger partial charge in [-0.2, -0.15) is 12.6 Å².